The number of benzene rings is 2. The van der Waals surface area contributed by atoms with Crippen molar-refractivity contribution in [2.24, 2.45) is 0 Å². The Labute approximate surface area is 231 Å². The normalized spacial score (nSPS) is 11.2. The standard InChI is InChI=1S/C25H36O4S.K/c1-2-3-4-5-6-7-8-9-10-11-12-15-22-18-20-23(21-19-22)29-24-16-13-14-17-25(24)30(26,27)28;/h13-14,16-21H,2-12,15H2,1H3,(H,26,27,28);/q;+1/p-1. The van der Waals surface area contributed by atoms with E-state index < -0.39 is 10.1 Å². The van der Waals surface area contributed by atoms with Crippen LogP contribution in [-0.4, -0.2) is 13.0 Å². The zero-order valence-electron chi connectivity index (χ0n) is 19.1. The summed E-state index contributed by atoms with van der Waals surface area (Å²) in [5.41, 5.74) is 1.24. The first-order chi connectivity index (χ1) is 14.5. The van der Waals surface area contributed by atoms with Crippen molar-refractivity contribution in [2.75, 3.05) is 0 Å². The van der Waals surface area contributed by atoms with E-state index in [0.29, 0.717) is 5.75 Å². The molecule has 2 aromatic rings. The number of hydrogen-bond donors (Lipinski definition) is 0. The molecule has 0 N–H and O–H groups in total. The van der Waals surface area contributed by atoms with Gasteiger partial charge in [-0.2, -0.15) is 0 Å². The van der Waals surface area contributed by atoms with E-state index in [1.807, 2.05) is 24.3 Å². The molecule has 0 aliphatic rings. The first-order valence-corrected chi connectivity index (χ1v) is 12.7. The molecule has 0 aliphatic carbocycles. The second-order valence-electron chi connectivity index (χ2n) is 7.93. The summed E-state index contributed by atoms with van der Waals surface area (Å²) in [4.78, 5) is -0.338. The van der Waals surface area contributed by atoms with Gasteiger partial charge in [0.2, 0.25) is 0 Å². The van der Waals surface area contributed by atoms with Crippen LogP contribution in [-0.2, 0) is 16.5 Å². The van der Waals surface area contributed by atoms with Gasteiger partial charge in [-0.1, -0.05) is 95.4 Å². The third-order valence-electron chi connectivity index (χ3n) is 5.34. The van der Waals surface area contributed by atoms with Crippen molar-refractivity contribution < 1.29 is 69.1 Å². The van der Waals surface area contributed by atoms with E-state index in [4.69, 9.17) is 4.74 Å². The van der Waals surface area contributed by atoms with Crippen LogP contribution >= 0.6 is 0 Å². The number of rotatable bonds is 15. The molecule has 2 aromatic carbocycles. The minimum absolute atomic E-state index is 0. The van der Waals surface area contributed by atoms with E-state index in [-0.39, 0.29) is 62.0 Å². The Morgan fingerprint density at radius 3 is 1.81 bits per heavy atom. The van der Waals surface area contributed by atoms with E-state index in [9.17, 15) is 13.0 Å². The quantitative estimate of drug-likeness (QED) is 0.222. The molecule has 0 spiro atoms. The fraction of sp³-hybridized carbons (Fsp3) is 0.520. The molecule has 4 nitrogen and oxygen atoms in total. The van der Waals surface area contributed by atoms with Gasteiger partial charge in [0.05, 0.1) is 4.90 Å². The van der Waals surface area contributed by atoms with E-state index in [0.717, 1.165) is 6.42 Å². The maximum Gasteiger partial charge on any atom is 1.00 e. The average molecular weight is 471 g/mol. The molecule has 166 valence electrons. The average Bonchev–Trinajstić information content (AvgIpc) is 2.73. The van der Waals surface area contributed by atoms with Crippen LogP contribution in [0.4, 0.5) is 0 Å². The minimum atomic E-state index is -4.57. The molecule has 2 rings (SSSR count). The molecule has 0 aliphatic heterocycles. The van der Waals surface area contributed by atoms with Gasteiger partial charge in [0.15, 0.2) is 0 Å². The number of hydrogen-bond acceptors (Lipinski definition) is 4. The summed E-state index contributed by atoms with van der Waals surface area (Å²) in [6, 6.07) is 13.5. The summed E-state index contributed by atoms with van der Waals surface area (Å²) < 4.78 is 39.7. The fourth-order valence-electron chi connectivity index (χ4n) is 3.59. The second kappa shape index (κ2) is 16.4. The monoisotopic (exact) mass is 470 g/mol. The Hall–Kier alpha value is -0.214. The number of ether oxygens (including phenoxy) is 1. The van der Waals surface area contributed by atoms with E-state index in [2.05, 4.69) is 6.92 Å². The fourth-order valence-corrected chi connectivity index (χ4v) is 4.19. The Morgan fingerprint density at radius 1 is 0.742 bits per heavy atom. The molecule has 0 fully saturated rings. The summed E-state index contributed by atoms with van der Waals surface area (Å²) in [6.07, 6.45) is 15.7. The topological polar surface area (TPSA) is 66.4 Å². The molecule has 0 radical (unpaired) electrons. The molecule has 0 atom stereocenters. The summed E-state index contributed by atoms with van der Waals surface area (Å²) in [6.45, 7) is 2.26. The summed E-state index contributed by atoms with van der Waals surface area (Å²) >= 11 is 0. The molecule has 0 bridgehead atoms. The van der Waals surface area contributed by atoms with Crippen LogP contribution in [0.25, 0.3) is 0 Å². The van der Waals surface area contributed by atoms with Crippen LogP contribution in [0.15, 0.2) is 53.4 Å². The van der Waals surface area contributed by atoms with Crippen LogP contribution in [0.1, 0.15) is 83.1 Å². The van der Waals surface area contributed by atoms with Crippen molar-refractivity contribution in [1.29, 1.82) is 0 Å². The SMILES string of the molecule is CCCCCCCCCCCCCc1ccc(Oc2ccccc2S(=O)(=O)[O-])cc1.[K+]. The first kappa shape index (κ1) is 28.8. The molecule has 6 heteroatoms. The maximum absolute atomic E-state index is 11.3. The maximum atomic E-state index is 11.3. The Balaban J connectivity index is 0.00000480. The van der Waals surface area contributed by atoms with E-state index in [1.165, 1.54) is 94.4 Å². The first-order valence-electron chi connectivity index (χ1n) is 11.3. The van der Waals surface area contributed by atoms with Crippen molar-refractivity contribution in [1.82, 2.24) is 0 Å². The third kappa shape index (κ3) is 12.0. The van der Waals surface area contributed by atoms with Gasteiger partial charge in [-0.25, -0.2) is 8.42 Å². The molecule has 0 heterocycles. The van der Waals surface area contributed by atoms with Gasteiger partial charge in [-0.05, 0) is 42.7 Å². The third-order valence-corrected chi connectivity index (χ3v) is 6.21. The van der Waals surface area contributed by atoms with Crippen LogP contribution in [0, 0.1) is 0 Å². The van der Waals surface area contributed by atoms with Gasteiger partial charge in [-0.3, -0.25) is 0 Å². The van der Waals surface area contributed by atoms with Gasteiger partial charge in [-0.15, -0.1) is 0 Å². The summed E-state index contributed by atoms with van der Waals surface area (Å²) in [5, 5.41) is 0. The molecule has 0 amide bonds. The number of para-hydroxylation sites is 1. The van der Waals surface area contributed by atoms with Gasteiger partial charge in [0, 0.05) is 0 Å². The van der Waals surface area contributed by atoms with Crippen LogP contribution in [0.2, 0.25) is 0 Å². The van der Waals surface area contributed by atoms with E-state index >= 15 is 0 Å². The predicted molar refractivity (Wildman–Crippen MR) is 121 cm³/mol. The Bertz CT molecular complexity index is 835. The molecule has 0 aromatic heterocycles. The number of unbranched alkanes of at least 4 members (excludes halogenated alkanes) is 10. The number of aryl methyl sites for hydroxylation is 1. The molecule has 31 heavy (non-hydrogen) atoms. The van der Waals surface area contributed by atoms with Crippen molar-refractivity contribution in [2.45, 2.75) is 88.9 Å². The second-order valence-corrected chi connectivity index (χ2v) is 9.28. The van der Waals surface area contributed by atoms with Crippen molar-refractivity contribution >= 4 is 10.1 Å². The molecular formula is C25H35KO4S. The van der Waals surface area contributed by atoms with Crippen LogP contribution in [0.5, 0.6) is 11.5 Å². The Morgan fingerprint density at radius 2 is 1.26 bits per heavy atom. The van der Waals surface area contributed by atoms with Crippen LogP contribution in [0.3, 0.4) is 0 Å². The molecule has 0 unspecified atom stereocenters. The zero-order chi connectivity index (χ0) is 21.7. The molecule has 0 saturated carbocycles. The smallest absolute Gasteiger partial charge is 0.744 e. The van der Waals surface area contributed by atoms with Gasteiger partial charge in [0.1, 0.15) is 21.6 Å². The van der Waals surface area contributed by atoms with Crippen LogP contribution < -0.4 is 56.1 Å². The van der Waals surface area contributed by atoms with E-state index in [1.54, 1.807) is 6.07 Å². The Kier molecular flexibility index (Phi) is 15.3. The molecular weight excluding hydrogens is 435 g/mol. The van der Waals surface area contributed by atoms with Gasteiger partial charge >= 0.3 is 51.4 Å². The minimum Gasteiger partial charge on any atom is -0.744 e. The largest absolute Gasteiger partial charge is 1.00 e. The van der Waals surface area contributed by atoms with Crippen molar-refractivity contribution in [3.8, 4) is 11.5 Å². The van der Waals surface area contributed by atoms with Gasteiger partial charge < -0.3 is 9.29 Å². The predicted octanol–water partition coefficient (Wildman–Crippen LogP) is 4.24. The summed E-state index contributed by atoms with van der Waals surface area (Å²) in [5.74, 6) is 0.583. The zero-order valence-corrected chi connectivity index (χ0v) is 23.1. The van der Waals surface area contributed by atoms with Crippen molar-refractivity contribution in [3.63, 3.8) is 0 Å². The van der Waals surface area contributed by atoms with Gasteiger partial charge in [0.25, 0.3) is 0 Å². The molecule has 0 saturated heterocycles. The van der Waals surface area contributed by atoms with Crippen molar-refractivity contribution in [3.05, 3.63) is 54.1 Å². The summed E-state index contributed by atoms with van der Waals surface area (Å²) in [7, 11) is -4.57.